The van der Waals surface area contributed by atoms with Crippen LogP contribution in [0.5, 0.6) is 0 Å². The summed E-state index contributed by atoms with van der Waals surface area (Å²) in [5, 5.41) is 8.00. The quantitative estimate of drug-likeness (QED) is 0.461. The number of rotatable bonds is 6. The molecule has 0 saturated carbocycles. The largest absolute Gasteiger partial charge is 0.444 e. The molecule has 0 aliphatic heterocycles. The highest BCUT2D eigenvalue weighted by atomic mass is 79.9. The van der Waals surface area contributed by atoms with Crippen LogP contribution in [0.2, 0.25) is 5.02 Å². The lowest BCUT2D eigenvalue weighted by molar-refractivity contribution is 0.0923. The van der Waals surface area contributed by atoms with Gasteiger partial charge in [0.05, 0.1) is 19.3 Å². The number of nitrogens with one attached hydrogen (secondary N) is 1. The number of nitrogens with zero attached hydrogens (tertiary/aromatic N) is 4. The topological polar surface area (TPSA) is 95.0 Å². The van der Waals surface area contributed by atoms with Gasteiger partial charge in [-0.15, -0.1) is 0 Å². The summed E-state index contributed by atoms with van der Waals surface area (Å²) in [4.78, 5) is 29.1. The first-order chi connectivity index (χ1) is 14.0. The Morgan fingerprint density at radius 2 is 2.14 bits per heavy atom. The van der Waals surface area contributed by atoms with E-state index in [1.165, 1.54) is 17.1 Å². The van der Waals surface area contributed by atoms with E-state index in [1.807, 2.05) is 18.2 Å². The fourth-order valence-electron chi connectivity index (χ4n) is 2.90. The molecule has 8 nitrogen and oxygen atoms in total. The third-order valence-corrected chi connectivity index (χ3v) is 4.93. The van der Waals surface area contributed by atoms with Crippen LogP contribution in [0.4, 0.5) is 0 Å². The molecule has 0 spiro atoms. The molecule has 1 aromatic carbocycles. The van der Waals surface area contributed by atoms with Gasteiger partial charge >= 0.3 is 0 Å². The second-order valence-electron chi connectivity index (χ2n) is 6.27. The number of aromatic nitrogens is 4. The van der Waals surface area contributed by atoms with Crippen LogP contribution in [0, 0.1) is 0 Å². The molecule has 0 radical (unpaired) electrons. The van der Waals surface area contributed by atoms with Crippen LogP contribution in [-0.4, -0.2) is 31.8 Å². The molecule has 0 fully saturated rings. The molecule has 4 rings (SSSR count). The number of halogens is 2. The average molecular weight is 477 g/mol. The average Bonchev–Trinajstić information content (AvgIpc) is 3.31. The highest BCUT2D eigenvalue weighted by molar-refractivity contribution is 9.10. The van der Waals surface area contributed by atoms with E-state index < -0.39 is 0 Å². The number of carbonyl (C=O) groups excluding carboxylic acids is 1. The Labute approximate surface area is 178 Å². The molecule has 29 heavy (non-hydrogen) atoms. The minimum absolute atomic E-state index is 0.189. The lowest BCUT2D eigenvalue weighted by atomic mass is 10.2. The van der Waals surface area contributed by atoms with Crippen molar-refractivity contribution in [2.75, 3.05) is 6.54 Å². The van der Waals surface area contributed by atoms with Gasteiger partial charge < -0.3 is 9.73 Å². The molecule has 0 unspecified atom stereocenters. The maximum atomic E-state index is 12.8. The van der Waals surface area contributed by atoms with Crippen molar-refractivity contribution in [1.82, 2.24) is 24.6 Å². The summed E-state index contributed by atoms with van der Waals surface area (Å²) < 4.78 is 8.78. The Kier molecular flexibility index (Phi) is 5.50. The van der Waals surface area contributed by atoms with Crippen LogP contribution < -0.4 is 10.9 Å². The molecule has 0 saturated heterocycles. The minimum atomic E-state index is -0.330. The molecule has 10 heteroatoms. The molecule has 3 heterocycles. The van der Waals surface area contributed by atoms with E-state index in [0.29, 0.717) is 40.4 Å². The second-order valence-corrected chi connectivity index (χ2v) is 7.49. The van der Waals surface area contributed by atoms with Gasteiger partial charge in [-0.25, -0.2) is 9.67 Å². The summed E-state index contributed by atoms with van der Waals surface area (Å²) in [6, 6.07) is 10.5. The molecule has 148 valence electrons. The number of amides is 1. The van der Waals surface area contributed by atoms with E-state index in [2.05, 4.69) is 31.3 Å². The summed E-state index contributed by atoms with van der Waals surface area (Å²) in [5.41, 5.74) is 1.18. The van der Waals surface area contributed by atoms with Crippen molar-refractivity contribution < 1.29 is 9.21 Å². The Balaban J connectivity index is 1.47. The fourth-order valence-corrected chi connectivity index (χ4v) is 3.42. The number of furan rings is 1. The third kappa shape index (κ3) is 4.25. The van der Waals surface area contributed by atoms with Crippen LogP contribution >= 0.6 is 27.5 Å². The molecule has 3 aromatic heterocycles. The molecule has 1 N–H and O–H groups in total. The van der Waals surface area contributed by atoms with Gasteiger partial charge in [0.1, 0.15) is 11.7 Å². The molecule has 1 amide bonds. The first-order valence-electron chi connectivity index (χ1n) is 8.70. The van der Waals surface area contributed by atoms with Crippen LogP contribution in [0.15, 0.2) is 62.8 Å². The maximum Gasteiger partial charge on any atom is 0.287 e. The Hall–Kier alpha value is -2.91. The zero-order chi connectivity index (χ0) is 20.4. The fraction of sp³-hybridized carbons (Fsp3) is 0.158. The van der Waals surface area contributed by atoms with Gasteiger partial charge in [-0.1, -0.05) is 23.7 Å². The van der Waals surface area contributed by atoms with Crippen molar-refractivity contribution in [2.24, 2.45) is 0 Å². The van der Waals surface area contributed by atoms with E-state index in [0.717, 1.165) is 5.56 Å². The van der Waals surface area contributed by atoms with E-state index in [-0.39, 0.29) is 17.2 Å². The number of hydrogen-bond donors (Lipinski definition) is 1. The number of carbonyl (C=O) groups is 1. The van der Waals surface area contributed by atoms with Crippen molar-refractivity contribution in [3.63, 3.8) is 0 Å². The normalized spacial score (nSPS) is 11.1. The molecule has 4 aromatic rings. The standard InChI is InChI=1S/C19H15BrClN5O3/c20-16-5-4-15(29-16)18(27)22-6-7-26-17-14(9-24-26)19(28)25(11-23-17)10-12-2-1-3-13(21)8-12/h1-5,8-9,11H,6-7,10H2,(H,22,27). The van der Waals surface area contributed by atoms with E-state index >= 15 is 0 Å². The van der Waals surface area contributed by atoms with Gasteiger partial charge in [0.25, 0.3) is 11.5 Å². The van der Waals surface area contributed by atoms with Gasteiger partial charge in [-0.2, -0.15) is 5.10 Å². The molecule has 0 aliphatic carbocycles. The van der Waals surface area contributed by atoms with Crippen molar-refractivity contribution >= 4 is 44.5 Å². The van der Waals surface area contributed by atoms with E-state index in [1.54, 1.807) is 22.9 Å². The van der Waals surface area contributed by atoms with Gasteiger partial charge in [0.15, 0.2) is 16.1 Å². The van der Waals surface area contributed by atoms with Crippen molar-refractivity contribution in [3.8, 4) is 0 Å². The highest BCUT2D eigenvalue weighted by Gasteiger charge is 2.12. The summed E-state index contributed by atoms with van der Waals surface area (Å²) >= 11 is 9.16. The van der Waals surface area contributed by atoms with Crippen LogP contribution in [0.1, 0.15) is 16.1 Å². The summed E-state index contributed by atoms with van der Waals surface area (Å²) in [7, 11) is 0. The SMILES string of the molecule is O=C(NCCn1ncc2c(=O)n(Cc3cccc(Cl)c3)cnc21)c1ccc(Br)o1. The summed E-state index contributed by atoms with van der Waals surface area (Å²) in [6.45, 7) is 1.03. The predicted molar refractivity (Wildman–Crippen MR) is 111 cm³/mol. The predicted octanol–water partition coefficient (Wildman–Crippen LogP) is 3.08. The first kappa shape index (κ1) is 19.4. The summed E-state index contributed by atoms with van der Waals surface area (Å²) in [6.07, 6.45) is 2.98. The minimum Gasteiger partial charge on any atom is -0.444 e. The van der Waals surface area contributed by atoms with Crippen LogP contribution in [0.3, 0.4) is 0 Å². The van der Waals surface area contributed by atoms with Gasteiger partial charge in [-0.05, 0) is 45.8 Å². The Bertz CT molecular complexity index is 1250. The van der Waals surface area contributed by atoms with Crippen LogP contribution in [0.25, 0.3) is 11.0 Å². The molecule has 0 bridgehead atoms. The lowest BCUT2D eigenvalue weighted by Gasteiger charge is -2.07. The molecular formula is C19H15BrClN5O3. The Morgan fingerprint density at radius 1 is 1.28 bits per heavy atom. The number of benzene rings is 1. The lowest BCUT2D eigenvalue weighted by Crippen LogP contribution is -2.27. The van der Waals surface area contributed by atoms with Gasteiger partial charge in [-0.3, -0.25) is 14.2 Å². The zero-order valence-electron chi connectivity index (χ0n) is 15.0. The van der Waals surface area contributed by atoms with Gasteiger partial charge in [0.2, 0.25) is 0 Å². The van der Waals surface area contributed by atoms with Gasteiger partial charge in [0, 0.05) is 11.6 Å². The summed E-state index contributed by atoms with van der Waals surface area (Å²) in [5.74, 6) is -0.117. The maximum absolute atomic E-state index is 12.8. The van der Waals surface area contributed by atoms with E-state index in [9.17, 15) is 9.59 Å². The van der Waals surface area contributed by atoms with Crippen molar-refractivity contribution in [3.05, 3.63) is 80.3 Å². The smallest absolute Gasteiger partial charge is 0.287 e. The Morgan fingerprint density at radius 3 is 2.90 bits per heavy atom. The molecule has 0 atom stereocenters. The zero-order valence-corrected chi connectivity index (χ0v) is 17.4. The van der Waals surface area contributed by atoms with E-state index in [4.69, 9.17) is 16.0 Å². The monoisotopic (exact) mass is 475 g/mol. The third-order valence-electron chi connectivity index (χ3n) is 4.27. The van der Waals surface area contributed by atoms with Crippen molar-refractivity contribution in [2.45, 2.75) is 13.1 Å². The highest BCUT2D eigenvalue weighted by Crippen LogP contribution is 2.14. The first-order valence-corrected chi connectivity index (χ1v) is 9.87. The second kappa shape index (κ2) is 8.22. The van der Waals surface area contributed by atoms with Crippen LogP contribution in [-0.2, 0) is 13.1 Å². The van der Waals surface area contributed by atoms with Crippen molar-refractivity contribution in [1.29, 1.82) is 0 Å². The number of hydrogen-bond acceptors (Lipinski definition) is 5. The molecule has 0 aliphatic rings. The number of fused-ring (bicyclic) bond motifs is 1. The molecular weight excluding hydrogens is 462 g/mol.